The van der Waals surface area contributed by atoms with Crippen LogP contribution < -0.4 is 29.1 Å². The number of carbonyl (C=O) groups is 1. The fourth-order valence-electron chi connectivity index (χ4n) is 11.8. The van der Waals surface area contributed by atoms with Gasteiger partial charge in [-0.2, -0.15) is 0 Å². The summed E-state index contributed by atoms with van der Waals surface area (Å²) in [4.78, 5) is 40.3. The van der Waals surface area contributed by atoms with Crippen LogP contribution in [-0.2, 0) is 16.6 Å². The highest BCUT2D eigenvalue weighted by Gasteiger charge is 2.55. The molecule has 2 aromatic heterocycles. The number of fused-ring (bicyclic) bond motifs is 1. The topological polar surface area (TPSA) is 205 Å². The molecule has 10 rings (SSSR count). The molecule has 2 aliphatic heterocycles. The molecule has 4 fully saturated rings. The zero-order valence-corrected chi connectivity index (χ0v) is 44.5. The molecule has 1 atom stereocenters. The van der Waals surface area contributed by atoms with Crippen molar-refractivity contribution in [1.82, 2.24) is 24.5 Å². The van der Waals surface area contributed by atoms with Crippen LogP contribution in [0.25, 0.3) is 11.0 Å². The molecule has 396 valence electrons. The quantitative estimate of drug-likeness (QED) is 0.0496. The molecule has 17 nitrogen and oxygen atoms in total. The largest absolute Gasteiger partial charge is 0.493 e. The number of nitro benzene ring substituents is 1. The van der Waals surface area contributed by atoms with Gasteiger partial charge in [0, 0.05) is 92.7 Å². The summed E-state index contributed by atoms with van der Waals surface area (Å²) < 4.78 is 47.4. The maximum Gasteiger partial charge on any atom is 0.293 e. The van der Waals surface area contributed by atoms with Gasteiger partial charge in [-0.3, -0.25) is 24.7 Å². The summed E-state index contributed by atoms with van der Waals surface area (Å²) in [5.41, 5.74) is 4.31. The number of nitro groups is 1. The predicted molar refractivity (Wildman–Crippen MR) is 289 cm³/mol. The van der Waals surface area contributed by atoms with Crippen molar-refractivity contribution in [2.24, 2.45) is 11.3 Å². The van der Waals surface area contributed by atoms with Crippen LogP contribution in [-0.4, -0.2) is 109 Å². The van der Waals surface area contributed by atoms with E-state index in [0.29, 0.717) is 53.2 Å². The van der Waals surface area contributed by atoms with Crippen LogP contribution >= 0.6 is 11.6 Å². The first kappa shape index (κ1) is 52.0. The third kappa shape index (κ3) is 11.0. The summed E-state index contributed by atoms with van der Waals surface area (Å²) in [7, 11) is -1.30. The van der Waals surface area contributed by atoms with Gasteiger partial charge in [0.2, 0.25) is 0 Å². The van der Waals surface area contributed by atoms with E-state index in [1.165, 1.54) is 41.1 Å². The SMILES string of the molecule is COc1ccc(CN2CCN(C3CC4(C3)CN(c3ccc(C(=O)NS(=O)(=O)c5ccc(NCC6CCC(C)(O)CC6)c([N+](=O)[O-])c5)c(Oc5cnc6[nH]cc(Cl)c6c5)c3)C4)[C@H](c3ccccc3C(C)C)C2)cc1OC. The maximum atomic E-state index is 14.1. The summed E-state index contributed by atoms with van der Waals surface area (Å²) in [6, 6.07) is 25.9. The van der Waals surface area contributed by atoms with Crippen molar-refractivity contribution in [3.63, 3.8) is 0 Å². The van der Waals surface area contributed by atoms with Crippen LogP contribution in [0.4, 0.5) is 17.1 Å². The number of hydrogen-bond donors (Lipinski definition) is 4. The Balaban J connectivity index is 0.848. The van der Waals surface area contributed by atoms with E-state index in [2.05, 4.69) is 85.0 Å². The highest BCUT2D eigenvalue weighted by atomic mass is 35.5. The van der Waals surface area contributed by atoms with Gasteiger partial charge in [0.1, 0.15) is 22.8 Å². The molecule has 0 bridgehead atoms. The van der Waals surface area contributed by atoms with Crippen LogP contribution in [0.15, 0.2) is 102 Å². The first-order valence-electron chi connectivity index (χ1n) is 25.7. The summed E-state index contributed by atoms with van der Waals surface area (Å²) in [5, 5.41) is 26.7. The minimum Gasteiger partial charge on any atom is -0.493 e. The Bertz CT molecular complexity index is 3220. The number of piperazine rings is 1. The van der Waals surface area contributed by atoms with E-state index < -0.39 is 37.0 Å². The number of aromatic nitrogens is 2. The van der Waals surface area contributed by atoms with E-state index in [4.69, 9.17) is 25.8 Å². The van der Waals surface area contributed by atoms with Gasteiger partial charge >= 0.3 is 0 Å². The molecule has 2 aliphatic carbocycles. The second-order valence-corrected chi connectivity index (χ2v) is 23.6. The smallest absolute Gasteiger partial charge is 0.293 e. The lowest BCUT2D eigenvalue weighted by molar-refractivity contribution is -0.384. The van der Waals surface area contributed by atoms with Crippen molar-refractivity contribution >= 4 is 55.6 Å². The number of nitrogens with zero attached hydrogens (tertiary/aromatic N) is 5. The van der Waals surface area contributed by atoms with E-state index in [1.807, 2.05) is 6.07 Å². The highest BCUT2D eigenvalue weighted by Crippen LogP contribution is 2.54. The number of aromatic amines is 1. The van der Waals surface area contributed by atoms with Crippen LogP contribution in [0.1, 0.15) is 98.3 Å². The van der Waals surface area contributed by atoms with Gasteiger partial charge in [-0.1, -0.05) is 55.8 Å². The fourth-order valence-corrected chi connectivity index (χ4v) is 12.9. The van der Waals surface area contributed by atoms with E-state index in [-0.39, 0.29) is 40.1 Å². The number of halogens is 1. The third-order valence-corrected chi connectivity index (χ3v) is 17.6. The Hall–Kier alpha value is -6.44. The van der Waals surface area contributed by atoms with Crippen molar-refractivity contribution < 1.29 is 37.5 Å². The molecule has 2 saturated carbocycles. The standard InChI is InChI=1S/C56H65ClN8O9S/c1-35(2)42-8-6-7-9-43(42)49-32-62(31-37-10-15-50(72-4)52(22-37)73-5)20-21-64(49)39-26-56(27-39)33-63(34-56)38-11-13-44(51(23-38)74-40-24-45-46(57)30-60-53(45)59-29-40)54(66)61-75(70,71)41-12-14-47(48(25-41)65(68)69)58-28-36-16-18-55(3,67)19-17-36/h6-15,22-25,29-30,35-36,39,49,58,67H,16-21,26-28,31-34H2,1-5H3,(H,59,60)(H,61,66)/t36?,49-,55?/m0/s1. The molecule has 0 radical (unpaired) electrons. The molecule has 4 aliphatic rings. The number of nitrogens with one attached hydrogen (secondary N) is 3. The average molecular weight is 1060 g/mol. The van der Waals surface area contributed by atoms with Gasteiger partial charge in [-0.25, -0.2) is 18.1 Å². The molecule has 1 spiro atoms. The molecule has 2 saturated heterocycles. The average Bonchev–Trinajstić information content (AvgIpc) is 3.75. The van der Waals surface area contributed by atoms with E-state index in [9.17, 15) is 28.4 Å². The number of pyridine rings is 1. The number of rotatable bonds is 17. The van der Waals surface area contributed by atoms with Crippen molar-refractivity contribution in [1.29, 1.82) is 0 Å². The molecule has 4 N–H and O–H groups in total. The number of benzene rings is 4. The molecule has 19 heteroatoms. The van der Waals surface area contributed by atoms with E-state index in [1.54, 1.807) is 45.5 Å². The van der Waals surface area contributed by atoms with Gasteiger partial charge in [0.05, 0.1) is 46.4 Å². The number of anilines is 2. The monoisotopic (exact) mass is 1060 g/mol. The van der Waals surface area contributed by atoms with Crippen LogP contribution in [0.5, 0.6) is 23.0 Å². The van der Waals surface area contributed by atoms with E-state index in [0.717, 1.165) is 82.5 Å². The lowest BCUT2D eigenvalue weighted by Crippen LogP contribution is -2.68. The van der Waals surface area contributed by atoms with E-state index >= 15 is 0 Å². The summed E-state index contributed by atoms with van der Waals surface area (Å²) in [5.74, 6) is 1.38. The molecule has 4 heterocycles. The Morgan fingerprint density at radius 2 is 1.73 bits per heavy atom. The summed E-state index contributed by atoms with van der Waals surface area (Å²) in [6.07, 6.45) is 7.95. The lowest BCUT2D eigenvalue weighted by atomic mass is 9.59. The molecule has 1 amide bonds. The Morgan fingerprint density at radius 3 is 2.47 bits per heavy atom. The number of carbonyl (C=O) groups excluding carboxylic acids is 1. The van der Waals surface area contributed by atoms with Crippen molar-refractivity contribution in [2.75, 3.05) is 63.7 Å². The summed E-state index contributed by atoms with van der Waals surface area (Å²) in [6.45, 7) is 11.9. The number of hydrogen-bond acceptors (Lipinski definition) is 14. The Kier molecular flexibility index (Phi) is 14.5. The predicted octanol–water partition coefficient (Wildman–Crippen LogP) is 10.1. The zero-order valence-electron chi connectivity index (χ0n) is 43.0. The van der Waals surface area contributed by atoms with Gasteiger partial charge in [-0.05, 0) is 116 Å². The van der Waals surface area contributed by atoms with Crippen LogP contribution in [0, 0.1) is 21.4 Å². The first-order valence-corrected chi connectivity index (χ1v) is 27.6. The van der Waals surface area contributed by atoms with Gasteiger partial charge < -0.3 is 34.5 Å². The second kappa shape index (κ2) is 20.9. The van der Waals surface area contributed by atoms with Crippen molar-refractivity contribution in [2.45, 2.75) is 94.3 Å². The molecule has 6 aromatic rings. The lowest BCUT2D eigenvalue weighted by Gasteiger charge is -2.63. The normalized spacial score (nSPS) is 21.1. The van der Waals surface area contributed by atoms with Gasteiger partial charge in [-0.15, -0.1) is 0 Å². The minimum atomic E-state index is -4.62. The fraction of sp³-hybridized carbons (Fsp3) is 0.429. The molecular weight excluding hydrogens is 996 g/mol. The molecule has 4 aromatic carbocycles. The zero-order chi connectivity index (χ0) is 52.8. The molecule has 0 unspecified atom stereocenters. The molecule has 75 heavy (non-hydrogen) atoms. The van der Waals surface area contributed by atoms with Crippen molar-refractivity contribution in [3.05, 3.63) is 135 Å². The van der Waals surface area contributed by atoms with Crippen LogP contribution in [0.3, 0.4) is 0 Å². The number of amides is 1. The Labute approximate surface area is 442 Å². The van der Waals surface area contributed by atoms with Crippen LogP contribution in [0.2, 0.25) is 5.02 Å². The van der Waals surface area contributed by atoms with Gasteiger partial charge in [0.15, 0.2) is 11.5 Å². The van der Waals surface area contributed by atoms with Crippen molar-refractivity contribution in [3.8, 4) is 23.0 Å². The maximum absolute atomic E-state index is 14.1. The number of H-pyrrole nitrogens is 1. The minimum absolute atomic E-state index is 0.0706. The highest BCUT2D eigenvalue weighted by molar-refractivity contribution is 7.90. The van der Waals surface area contributed by atoms with Gasteiger partial charge in [0.25, 0.3) is 21.6 Å². The third-order valence-electron chi connectivity index (χ3n) is 15.9. The number of sulfonamides is 1. The molecular formula is C56H65ClN8O9S. The number of ether oxygens (including phenoxy) is 3. The summed E-state index contributed by atoms with van der Waals surface area (Å²) >= 11 is 6.44. The first-order chi connectivity index (χ1) is 35.9. The number of methoxy groups -OCH3 is 2. The number of aliphatic hydroxyl groups is 1. The Morgan fingerprint density at radius 1 is 0.973 bits per heavy atom. The second-order valence-electron chi connectivity index (χ2n) is 21.6.